The number of anilines is 1. The molecule has 0 aliphatic carbocycles. The first-order valence-corrected chi connectivity index (χ1v) is 10.5. The highest BCUT2D eigenvalue weighted by molar-refractivity contribution is 6.00. The van der Waals surface area contributed by atoms with Gasteiger partial charge in [-0.2, -0.15) is 0 Å². The minimum absolute atomic E-state index is 0.175. The lowest BCUT2D eigenvalue weighted by Crippen LogP contribution is -2.45. The SMILES string of the molecule is Cc1ccc(NC(=O)[C@@H](N)C(C)(C)C)cc1C(=O)N[C@H](C)c1cccc2ccccc12. The third-order valence-corrected chi connectivity index (χ3v) is 5.60. The van der Waals surface area contributed by atoms with E-state index in [1.165, 1.54) is 0 Å². The zero-order chi connectivity index (χ0) is 22.8. The van der Waals surface area contributed by atoms with Crippen molar-refractivity contribution in [3.63, 3.8) is 0 Å². The molecule has 3 rings (SSSR count). The Kier molecular flexibility index (Phi) is 6.46. The van der Waals surface area contributed by atoms with Crippen molar-refractivity contribution in [1.82, 2.24) is 5.32 Å². The monoisotopic (exact) mass is 417 g/mol. The fourth-order valence-electron chi connectivity index (χ4n) is 3.54. The van der Waals surface area contributed by atoms with E-state index >= 15 is 0 Å². The van der Waals surface area contributed by atoms with Crippen LogP contribution in [0.4, 0.5) is 5.69 Å². The summed E-state index contributed by atoms with van der Waals surface area (Å²) in [5.41, 5.74) is 8.67. The van der Waals surface area contributed by atoms with E-state index in [9.17, 15) is 9.59 Å². The van der Waals surface area contributed by atoms with E-state index in [0.717, 1.165) is 21.9 Å². The fourth-order valence-corrected chi connectivity index (χ4v) is 3.54. The Morgan fingerprint density at radius 3 is 2.35 bits per heavy atom. The second kappa shape index (κ2) is 8.90. The molecule has 0 saturated heterocycles. The summed E-state index contributed by atoms with van der Waals surface area (Å²) in [6.07, 6.45) is 0. The van der Waals surface area contributed by atoms with E-state index in [0.29, 0.717) is 11.3 Å². The van der Waals surface area contributed by atoms with Gasteiger partial charge in [0.2, 0.25) is 5.91 Å². The molecule has 3 aromatic carbocycles. The molecule has 31 heavy (non-hydrogen) atoms. The van der Waals surface area contributed by atoms with Crippen molar-refractivity contribution in [2.45, 2.75) is 46.7 Å². The Balaban J connectivity index is 1.80. The van der Waals surface area contributed by atoms with E-state index in [2.05, 4.69) is 28.8 Å². The number of nitrogens with one attached hydrogen (secondary N) is 2. The molecular weight excluding hydrogens is 386 g/mol. The lowest BCUT2D eigenvalue weighted by atomic mass is 9.87. The van der Waals surface area contributed by atoms with E-state index in [1.54, 1.807) is 12.1 Å². The van der Waals surface area contributed by atoms with Crippen LogP contribution >= 0.6 is 0 Å². The average molecular weight is 418 g/mol. The van der Waals surface area contributed by atoms with E-state index in [4.69, 9.17) is 5.73 Å². The molecule has 0 radical (unpaired) electrons. The second-order valence-electron chi connectivity index (χ2n) is 9.13. The van der Waals surface area contributed by atoms with Crippen molar-refractivity contribution in [3.05, 3.63) is 77.4 Å². The Morgan fingerprint density at radius 2 is 1.65 bits per heavy atom. The van der Waals surface area contributed by atoms with Gasteiger partial charge in [-0.25, -0.2) is 0 Å². The van der Waals surface area contributed by atoms with Crippen molar-refractivity contribution < 1.29 is 9.59 Å². The number of amides is 2. The fraction of sp³-hybridized carbons (Fsp3) is 0.308. The number of nitrogens with two attached hydrogens (primary N) is 1. The summed E-state index contributed by atoms with van der Waals surface area (Å²) >= 11 is 0. The van der Waals surface area contributed by atoms with E-state index < -0.39 is 6.04 Å². The van der Waals surface area contributed by atoms with Crippen LogP contribution in [0, 0.1) is 12.3 Å². The van der Waals surface area contributed by atoms with Gasteiger partial charge in [0.25, 0.3) is 5.91 Å². The van der Waals surface area contributed by atoms with Crippen molar-refractivity contribution >= 4 is 28.3 Å². The van der Waals surface area contributed by atoms with E-state index in [-0.39, 0.29) is 23.3 Å². The second-order valence-corrected chi connectivity index (χ2v) is 9.13. The lowest BCUT2D eigenvalue weighted by molar-refractivity contribution is -0.119. The van der Waals surface area contributed by atoms with Gasteiger partial charge < -0.3 is 16.4 Å². The Hall–Kier alpha value is -3.18. The normalized spacial score (nSPS) is 13.5. The average Bonchev–Trinajstić information content (AvgIpc) is 2.73. The molecule has 0 saturated carbocycles. The number of carbonyl (C=O) groups excluding carboxylic acids is 2. The van der Waals surface area contributed by atoms with Crippen LogP contribution in [0.15, 0.2) is 60.7 Å². The molecule has 2 amide bonds. The van der Waals surface area contributed by atoms with Gasteiger partial charge in [0, 0.05) is 11.3 Å². The third-order valence-electron chi connectivity index (χ3n) is 5.60. The van der Waals surface area contributed by atoms with Crippen LogP contribution in [0.1, 0.15) is 55.2 Å². The molecule has 0 bridgehead atoms. The van der Waals surface area contributed by atoms with Crippen LogP contribution in [0.25, 0.3) is 10.8 Å². The lowest BCUT2D eigenvalue weighted by Gasteiger charge is -2.26. The van der Waals surface area contributed by atoms with Crippen LogP contribution in [0.2, 0.25) is 0 Å². The summed E-state index contributed by atoms with van der Waals surface area (Å²) in [6, 6.07) is 18.7. The minimum atomic E-state index is -0.655. The van der Waals surface area contributed by atoms with Crippen LogP contribution < -0.4 is 16.4 Å². The van der Waals surface area contributed by atoms with Crippen molar-refractivity contribution in [1.29, 1.82) is 0 Å². The maximum atomic E-state index is 13.1. The number of hydrogen-bond acceptors (Lipinski definition) is 3. The van der Waals surface area contributed by atoms with Gasteiger partial charge in [-0.15, -0.1) is 0 Å². The van der Waals surface area contributed by atoms with Gasteiger partial charge in [0.15, 0.2) is 0 Å². The highest BCUT2D eigenvalue weighted by atomic mass is 16.2. The number of hydrogen-bond donors (Lipinski definition) is 3. The minimum Gasteiger partial charge on any atom is -0.345 e. The predicted octanol–water partition coefficient (Wildman–Crippen LogP) is 4.95. The maximum absolute atomic E-state index is 13.1. The molecule has 0 spiro atoms. The van der Waals surface area contributed by atoms with Crippen LogP contribution in [-0.4, -0.2) is 17.9 Å². The first-order chi connectivity index (χ1) is 14.6. The van der Waals surface area contributed by atoms with Gasteiger partial charge in [0.1, 0.15) is 0 Å². The third kappa shape index (κ3) is 5.12. The summed E-state index contributed by atoms with van der Waals surface area (Å²) < 4.78 is 0. The molecule has 0 aliphatic rings. The van der Waals surface area contributed by atoms with Gasteiger partial charge in [0.05, 0.1) is 12.1 Å². The number of rotatable bonds is 5. The quantitative estimate of drug-likeness (QED) is 0.549. The molecule has 4 N–H and O–H groups in total. The smallest absolute Gasteiger partial charge is 0.252 e. The molecule has 3 aromatic rings. The van der Waals surface area contributed by atoms with Crippen molar-refractivity contribution in [3.8, 4) is 0 Å². The highest BCUT2D eigenvalue weighted by Crippen LogP contribution is 2.25. The molecule has 162 valence electrons. The summed E-state index contributed by atoms with van der Waals surface area (Å²) in [4.78, 5) is 25.5. The number of benzene rings is 3. The predicted molar refractivity (Wildman–Crippen MR) is 127 cm³/mol. The number of aryl methyl sites for hydroxylation is 1. The Labute approximate surface area is 184 Å². The molecule has 0 fully saturated rings. The largest absolute Gasteiger partial charge is 0.345 e. The first kappa shape index (κ1) is 22.5. The molecule has 0 aromatic heterocycles. The summed E-state index contributed by atoms with van der Waals surface area (Å²) in [7, 11) is 0. The molecule has 0 heterocycles. The summed E-state index contributed by atoms with van der Waals surface area (Å²) in [5.74, 6) is -0.457. The molecule has 0 aliphatic heterocycles. The van der Waals surface area contributed by atoms with Crippen LogP contribution in [0.3, 0.4) is 0 Å². The highest BCUT2D eigenvalue weighted by Gasteiger charge is 2.27. The van der Waals surface area contributed by atoms with Gasteiger partial charge in [-0.1, -0.05) is 69.3 Å². The van der Waals surface area contributed by atoms with Crippen molar-refractivity contribution in [2.24, 2.45) is 11.1 Å². The van der Waals surface area contributed by atoms with Gasteiger partial charge >= 0.3 is 0 Å². The maximum Gasteiger partial charge on any atom is 0.252 e. The molecule has 2 atom stereocenters. The topological polar surface area (TPSA) is 84.2 Å². The molecule has 0 unspecified atom stereocenters. The first-order valence-electron chi connectivity index (χ1n) is 10.5. The van der Waals surface area contributed by atoms with Crippen LogP contribution in [-0.2, 0) is 4.79 Å². The zero-order valence-corrected chi connectivity index (χ0v) is 18.8. The summed E-state index contributed by atoms with van der Waals surface area (Å²) in [5, 5.41) is 8.19. The van der Waals surface area contributed by atoms with Gasteiger partial charge in [-0.3, -0.25) is 9.59 Å². The summed E-state index contributed by atoms with van der Waals surface area (Å²) in [6.45, 7) is 9.60. The number of carbonyl (C=O) groups is 2. The van der Waals surface area contributed by atoms with E-state index in [1.807, 2.05) is 65.0 Å². The molecular formula is C26H31N3O2. The zero-order valence-electron chi connectivity index (χ0n) is 18.8. The van der Waals surface area contributed by atoms with Gasteiger partial charge in [-0.05, 0) is 53.3 Å². The molecule has 5 heteroatoms. The van der Waals surface area contributed by atoms with Crippen LogP contribution in [0.5, 0.6) is 0 Å². The Morgan fingerprint density at radius 1 is 0.968 bits per heavy atom. The molecule has 5 nitrogen and oxygen atoms in total. The Bertz CT molecular complexity index is 1110. The van der Waals surface area contributed by atoms with Crippen molar-refractivity contribution in [2.75, 3.05) is 5.32 Å². The number of fused-ring (bicyclic) bond motifs is 1. The standard InChI is InChI=1S/C26H31N3O2/c1-16-13-14-19(29-25(31)23(27)26(3,4)5)15-22(16)24(30)28-17(2)20-12-8-10-18-9-6-7-11-21(18)20/h6-15,17,23H,27H2,1-5H3,(H,28,30)(H,29,31)/t17-,23-/m1/s1.